The highest BCUT2D eigenvalue weighted by Gasteiger charge is 2.31. The van der Waals surface area contributed by atoms with E-state index in [1.165, 1.54) is 5.56 Å². The summed E-state index contributed by atoms with van der Waals surface area (Å²) in [5.41, 5.74) is 5.05. The van der Waals surface area contributed by atoms with Gasteiger partial charge in [0.1, 0.15) is 6.04 Å². The van der Waals surface area contributed by atoms with E-state index in [1.807, 2.05) is 68.0 Å². The van der Waals surface area contributed by atoms with Gasteiger partial charge in [-0.2, -0.15) is 0 Å². The average molecular weight is 394 g/mol. The summed E-state index contributed by atoms with van der Waals surface area (Å²) in [4.78, 5) is 29.8. The van der Waals surface area contributed by atoms with Gasteiger partial charge in [-0.1, -0.05) is 48.0 Å². The van der Waals surface area contributed by atoms with Crippen molar-refractivity contribution in [3.05, 3.63) is 64.7 Å². The molecule has 0 spiro atoms. The number of likely N-dealkylation sites (tertiary alicyclic amines) is 1. The lowest BCUT2D eigenvalue weighted by Gasteiger charge is -2.30. The van der Waals surface area contributed by atoms with Crippen molar-refractivity contribution >= 4 is 17.5 Å². The smallest absolute Gasteiger partial charge is 0.244 e. The van der Waals surface area contributed by atoms with Gasteiger partial charge in [-0.15, -0.1) is 0 Å². The summed E-state index contributed by atoms with van der Waals surface area (Å²) in [7, 11) is 1.85. The van der Waals surface area contributed by atoms with Gasteiger partial charge >= 0.3 is 0 Å². The highest BCUT2D eigenvalue weighted by atomic mass is 16.2. The molecule has 0 aromatic heterocycles. The number of nitrogens with zero attached hydrogens (tertiary/aromatic N) is 2. The van der Waals surface area contributed by atoms with E-state index in [1.54, 1.807) is 0 Å². The quantitative estimate of drug-likeness (QED) is 0.811. The van der Waals surface area contributed by atoms with Crippen LogP contribution in [-0.4, -0.2) is 48.3 Å². The predicted molar refractivity (Wildman–Crippen MR) is 117 cm³/mol. The molecule has 3 rings (SSSR count). The molecule has 154 valence electrons. The Bertz CT molecular complexity index is 850. The van der Waals surface area contributed by atoms with Gasteiger partial charge in [0.25, 0.3) is 0 Å². The molecule has 0 aliphatic carbocycles. The van der Waals surface area contributed by atoms with Crippen molar-refractivity contribution < 1.29 is 9.59 Å². The van der Waals surface area contributed by atoms with Crippen molar-refractivity contribution in [3.63, 3.8) is 0 Å². The first-order valence-corrected chi connectivity index (χ1v) is 10.3. The van der Waals surface area contributed by atoms with Crippen molar-refractivity contribution in [1.82, 2.24) is 9.80 Å². The zero-order chi connectivity index (χ0) is 21.0. The highest BCUT2D eigenvalue weighted by molar-refractivity contribution is 5.94. The normalized spacial score (nSPS) is 14.9. The van der Waals surface area contributed by atoms with Crippen molar-refractivity contribution in [2.45, 2.75) is 39.7 Å². The number of anilines is 1. The zero-order valence-corrected chi connectivity index (χ0v) is 17.9. The number of aryl methyl sites for hydroxylation is 3. The molecule has 0 radical (unpaired) electrons. The Morgan fingerprint density at radius 3 is 2.21 bits per heavy atom. The fourth-order valence-electron chi connectivity index (χ4n) is 4.21. The van der Waals surface area contributed by atoms with Crippen molar-refractivity contribution in [1.29, 1.82) is 0 Å². The number of hydrogen-bond acceptors (Lipinski definition) is 3. The number of nitrogens with one attached hydrogen (secondary N) is 1. The predicted octanol–water partition coefficient (Wildman–Crippen LogP) is 3.85. The third-order valence-electron chi connectivity index (χ3n) is 5.54. The van der Waals surface area contributed by atoms with Gasteiger partial charge in [-0.3, -0.25) is 14.5 Å². The second kappa shape index (κ2) is 9.23. The molecular weight excluding hydrogens is 362 g/mol. The number of carbonyl (C=O) groups is 2. The lowest BCUT2D eigenvalue weighted by molar-refractivity contribution is -0.136. The summed E-state index contributed by atoms with van der Waals surface area (Å²) >= 11 is 0. The number of rotatable bonds is 6. The van der Waals surface area contributed by atoms with Crippen LogP contribution in [0.2, 0.25) is 0 Å². The molecule has 0 unspecified atom stereocenters. The molecule has 2 amide bonds. The Morgan fingerprint density at radius 1 is 1.03 bits per heavy atom. The van der Waals surface area contributed by atoms with Crippen molar-refractivity contribution in [2.75, 3.05) is 32.0 Å². The second-order valence-corrected chi connectivity index (χ2v) is 8.08. The van der Waals surface area contributed by atoms with Gasteiger partial charge in [-0.05, 0) is 57.4 Å². The molecule has 1 N–H and O–H groups in total. The summed E-state index contributed by atoms with van der Waals surface area (Å²) in [5, 5.41) is 3.05. The van der Waals surface area contributed by atoms with Crippen LogP contribution in [-0.2, 0) is 9.59 Å². The number of hydrogen-bond donors (Lipinski definition) is 1. The molecule has 0 bridgehead atoms. The first kappa shape index (κ1) is 21.1. The van der Waals surface area contributed by atoms with Crippen LogP contribution >= 0.6 is 0 Å². The first-order chi connectivity index (χ1) is 13.9. The van der Waals surface area contributed by atoms with E-state index in [9.17, 15) is 9.59 Å². The maximum Gasteiger partial charge on any atom is 0.244 e. The number of carbonyl (C=O) groups excluding carboxylic acids is 2. The molecule has 2 aromatic carbocycles. The van der Waals surface area contributed by atoms with E-state index < -0.39 is 6.04 Å². The Morgan fingerprint density at radius 2 is 1.62 bits per heavy atom. The van der Waals surface area contributed by atoms with Crippen molar-refractivity contribution in [3.8, 4) is 0 Å². The Labute approximate surface area is 173 Å². The molecule has 1 atom stereocenters. The standard InChI is InChI=1S/C24H31N3O2/c1-17-14-18(2)22(19(3)15-17)25-21(28)16-26(4)23(20-10-6-5-7-11-20)24(29)27-12-8-9-13-27/h5-7,10-11,14-15,23H,8-9,12-13,16H2,1-4H3,(H,25,28)/t23-/m0/s1. The Kier molecular flexibility index (Phi) is 6.70. The molecule has 0 saturated carbocycles. The molecule has 5 heteroatoms. The van der Waals surface area contributed by atoms with Gasteiger partial charge in [-0.25, -0.2) is 0 Å². The van der Waals surface area contributed by atoms with E-state index in [0.29, 0.717) is 0 Å². The Balaban J connectivity index is 1.76. The average Bonchev–Trinajstić information content (AvgIpc) is 3.20. The molecule has 2 aromatic rings. The second-order valence-electron chi connectivity index (χ2n) is 8.08. The van der Waals surface area contributed by atoms with Crippen LogP contribution in [0.25, 0.3) is 0 Å². The third-order valence-corrected chi connectivity index (χ3v) is 5.54. The molecule has 1 aliphatic heterocycles. The maximum absolute atomic E-state index is 13.2. The van der Waals surface area contributed by atoms with Crippen LogP contribution in [0.5, 0.6) is 0 Å². The SMILES string of the molecule is Cc1cc(C)c(NC(=O)CN(C)[C@H](C(=O)N2CCCC2)c2ccccc2)c(C)c1. The fraction of sp³-hybridized carbons (Fsp3) is 0.417. The lowest BCUT2D eigenvalue weighted by Crippen LogP contribution is -2.43. The molecule has 1 saturated heterocycles. The molecule has 1 heterocycles. The Hall–Kier alpha value is -2.66. The van der Waals surface area contributed by atoms with E-state index in [4.69, 9.17) is 0 Å². The van der Waals surface area contributed by atoms with Gasteiger partial charge in [0.05, 0.1) is 6.54 Å². The van der Waals surface area contributed by atoms with E-state index >= 15 is 0 Å². The molecule has 1 fully saturated rings. The molecule has 5 nitrogen and oxygen atoms in total. The van der Waals surface area contributed by atoms with Crippen LogP contribution in [0.4, 0.5) is 5.69 Å². The van der Waals surface area contributed by atoms with Crippen LogP contribution < -0.4 is 5.32 Å². The third kappa shape index (κ3) is 5.04. The summed E-state index contributed by atoms with van der Waals surface area (Å²) in [6.45, 7) is 7.79. The number of likely N-dealkylation sites (N-methyl/N-ethyl adjacent to an activating group) is 1. The van der Waals surface area contributed by atoms with Gasteiger partial charge < -0.3 is 10.2 Å². The maximum atomic E-state index is 13.2. The number of amides is 2. The van der Waals surface area contributed by atoms with Gasteiger partial charge in [0, 0.05) is 18.8 Å². The largest absolute Gasteiger partial charge is 0.341 e. The fourth-order valence-corrected chi connectivity index (χ4v) is 4.21. The molecule has 29 heavy (non-hydrogen) atoms. The highest BCUT2D eigenvalue weighted by Crippen LogP contribution is 2.25. The topological polar surface area (TPSA) is 52.7 Å². The summed E-state index contributed by atoms with van der Waals surface area (Å²) in [6.07, 6.45) is 2.09. The van der Waals surface area contributed by atoms with Crippen LogP contribution in [0.3, 0.4) is 0 Å². The van der Waals surface area contributed by atoms with E-state index in [2.05, 4.69) is 17.4 Å². The van der Waals surface area contributed by atoms with E-state index in [-0.39, 0.29) is 18.4 Å². The minimum Gasteiger partial charge on any atom is -0.341 e. The minimum absolute atomic E-state index is 0.0756. The molecule has 1 aliphatic rings. The first-order valence-electron chi connectivity index (χ1n) is 10.3. The molecular formula is C24H31N3O2. The van der Waals surface area contributed by atoms with Gasteiger partial charge in [0.15, 0.2) is 0 Å². The monoisotopic (exact) mass is 393 g/mol. The summed E-state index contributed by atoms with van der Waals surface area (Å²) in [5.74, 6) is -0.0376. The summed E-state index contributed by atoms with van der Waals surface area (Å²) < 4.78 is 0. The number of benzene rings is 2. The van der Waals surface area contributed by atoms with E-state index in [0.717, 1.165) is 48.3 Å². The lowest BCUT2D eigenvalue weighted by atomic mass is 10.0. The summed E-state index contributed by atoms with van der Waals surface area (Å²) in [6, 6.07) is 13.4. The van der Waals surface area contributed by atoms with Crippen molar-refractivity contribution in [2.24, 2.45) is 0 Å². The van der Waals surface area contributed by atoms with Crippen LogP contribution in [0.1, 0.15) is 41.1 Å². The van der Waals surface area contributed by atoms with Crippen LogP contribution in [0, 0.1) is 20.8 Å². The van der Waals surface area contributed by atoms with Crippen LogP contribution in [0.15, 0.2) is 42.5 Å². The zero-order valence-electron chi connectivity index (χ0n) is 17.9. The minimum atomic E-state index is -0.458. The van der Waals surface area contributed by atoms with Gasteiger partial charge in [0.2, 0.25) is 11.8 Å².